The molecule has 26 nitrogen and oxygen atoms in total. The summed E-state index contributed by atoms with van der Waals surface area (Å²) < 4.78 is 41.0. The van der Waals surface area contributed by atoms with Crippen molar-refractivity contribution in [1.29, 1.82) is 0 Å². The van der Waals surface area contributed by atoms with E-state index in [9.17, 15) is 62.1 Å². The number of benzene rings is 1. The predicted octanol–water partition coefficient (Wildman–Crippen LogP) is -2.58. The number of guanidine groups is 1. The molecule has 0 aromatic heterocycles. The molecule has 2 aliphatic heterocycles. The van der Waals surface area contributed by atoms with Gasteiger partial charge in [-0.15, -0.1) is 0 Å². The first kappa shape index (κ1) is 60.1. The molecule has 2 aliphatic rings. The van der Waals surface area contributed by atoms with Gasteiger partial charge in [0.15, 0.2) is 12.1 Å². The normalized spacial score (nSPS) is 25.0. The summed E-state index contributed by atoms with van der Waals surface area (Å²) in [5.41, 5.74) is 11.5. The third-order valence-corrected chi connectivity index (χ3v) is 12.3. The molecular weight excluding hydrogens is 969 g/mol. The van der Waals surface area contributed by atoms with Crippen LogP contribution in [0.1, 0.15) is 92.6 Å². The van der Waals surface area contributed by atoms with E-state index in [4.69, 9.17) is 20.8 Å². The van der Waals surface area contributed by atoms with Crippen LogP contribution in [0.4, 0.5) is 0 Å². The highest BCUT2D eigenvalue weighted by molar-refractivity contribution is 7.80. The number of aliphatic imine (C=N–C) groups is 1. The number of fused-ring (bicyclic) bond motifs is 2. The van der Waals surface area contributed by atoms with E-state index in [-0.39, 0.29) is 75.0 Å². The quantitative estimate of drug-likeness (QED) is 0.0236. The van der Waals surface area contributed by atoms with E-state index in [1.807, 2.05) is 0 Å². The first-order valence-electron chi connectivity index (χ1n) is 23.6. The molecule has 404 valence electrons. The number of likely N-dealkylation sites (N-methyl/N-ethyl adjacent to an activating group) is 1. The van der Waals surface area contributed by atoms with Gasteiger partial charge in [0.25, 0.3) is 5.91 Å². The van der Waals surface area contributed by atoms with Crippen molar-refractivity contribution in [3.05, 3.63) is 29.8 Å². The highest BCUT2D eigenvalue weighted by Crippen LogP contribution is 2.27. The Kier molecular flexibility index (Phi) is 22.6. The fourth-order valence-corrected chi connectivity index (χ4v) is 8.36. The number of piperidine rings is 1. The molecule has 3 rings (SSSR count). The Morgan fingerprint density at radius 1 is 0.903 bits per heavy atom. The molecule has 0 spiro atoms. The minimum absolute atomic E-state index is 0.000346. The Balaban J connectivity index is 2.24. The van der Waals surface area contributed by atoms with Crippen molar-refractivity contribution in [2.45, 2.75) is 154 Å². The van der Waals surface area contributed by atoms with Gasteiger partial charge in [-0.1, -0.05) is 53.7 Å². The number of ether oxygens (including phenoxy) is 1. The van der Waals surface area contributed by atoms with Gasteiger partial charge in [-0.2, -0.15) is 8.42 Å². The van der Waals surface area contributed by atoms with Gasteiger partial charge in [-0.05, 0) is 80.9 Å². The van der Waals surface area contributed by atoms with Gasteiger partial charge in [-0.25, -0.2) is 8.98 Å². The van der Waals surface area contributed by atoms with Crippen LogP contribution in [-0.4, -0.2) is 172 Å². The van der Waals surface area contributed by atoms with E-state index in [0.29, 0.717) is 5.56 Å². The Morgan fingerprint density at radius 3 is 2.11 bits per heavy atom. The highest BCUT2D eigenvalue weighted by Gasteiger charge is 2.46. The predicted molar refractivity (Wildman–Crippen MR) is 257 cm³/mol. The number of carbonyl (C=O) groups excluding carboxylic acids is 8. The smallest absolute Gasteiger partial charge is 0.397 e. The molecule has 0 saturated carbocycles. The van der Waals surface area contributed by atoms with Gasteiger partial charge < -0.3 is 67.9 Å². The molecule has 1 unspecified atom stereocenters. The Hall–Kier alpha value is -6.16. The number of phenols is 1. The van der Waals surface area contributed by atoms with Crippen LogP contribution >= 0.6 is 0 Å². The maximum absolute atomic E-state index is 14.8. The third-order valence-electron chi connectivity index (χ3n) is 11.9. The SMILES string of the molecule is CC(C)C[C@@H](NC(=O)[C@H](O)COS(=O)(=O)O)C(=O)NC1C(=O)N[C@@H](CCCN=C(N)N)C(=O)N[C@H]2CC[C@@H](O)N(C2=O)[C@@H](CC(C)C)C(=O)N(C)[C@@H](Cc2ccc(O)cc2)C(=O)N[C@@H](C(C)C)C(=O)O[C@@H]1C. The van der Waals surface area contributed by atoms with Crippen LogP contribution in [0.15, 0.2) is 29.3 Å². The van der Waals surface area contributed by atoms with Gasteiger partial charge in [-0.3, -0.25) is 43.1 Å². The van der Waals surface area contributed by atoms with E-state index >= 15 is 0 Å². The van der Waals surface area contributed by atoms with Crippen LogP contribution in [0.3, 0.4) is 0 Å². The number of carbonyl (C=O) groups is 8. The Bertz CT molecular complexity index is 2230. The summed E-state index contributed by atoms with van der Waals surface area (Å²) in [6.07, 6.45) is -6.03. The molecule has 13 N–H and O–H groups in total. The van der Waals surface area contributed by atoms with Crippen LogP contribution in [0.25, 0.3) is 0 Å². The number of nitrogens with two attached hydrogens (primary N) is 2. The summed E-state index contributed by atoms with van der Waals surface area (Å²) in [4.78, 5) is 120. The largest absolute Gasteiger partial charge is 0.508 e. The number of amides is 7. The van der Waals surface area contributed by atoms with E-state index < -0.39 is 131 Å². The lowest BCUT2D eigenvalue weighted by Gasteiger charge is -2.43. The van der Waals surface area contributed by atoms with Gasteiger partial charge in [0, 0.05) is 20.0 Å². The maximum Gasteiger partial charge on any atom is 0.397 e. The topological polar surface area (TPSA) is 401 Å². The molecule has 1 aromatic rings. The van der Waals surface area contributed by atoms with Crippen LogP contribution in [0, 0.1) is 17.8 Å². The van der Waals surface area contributed by atoms with Crippen LogP contribution in [0.5, 0.6) is 5.75 Å². The number of hydrogen-bond acceptors (Lipinski definition) is 16. The lowest BCUT2D eigenvalue weighted by atomic mass is 9.94. The van der Waals surface area contributed by atoms with Crippen molar-refractivity contribution in [1.82, 2.24) is 36.4 Å². The van der Waals surface area contributed by atoms with Crippen molar-refractivity contribution in [3.63, 3.8) is 0 Å². The van der Waals surface area contributed by atoms with Gasteiger partial charge in [0.05, 0.1) is 0 Å². The van der Waals surface area contributed by atoms with Crippen LogP contribution in [-0.2, 0) is 64.1 Å². The number of aliphatic hydroxyl groups excluding tert-OH is 2. The number of aliphatic hydroxyl groups is 2. The summed E-state index contributed by atoms with van der Waals surface area (Å²) in [6.45, 7) is 10.00. The first-order valence-corrected chi connectivity index (χ1v) is 25.0. The van der Waals surface area contributed by atoms with Crippen molar-refractivity contribution in [3.8, 4) is 5.75 Å². The Morgan fingerprint density at radius 2 is 1.54 bits per heavy atom. The van der Waals surface area contributed by atoms with E-state index in [0.717, 1.165) is 9.80 Å². The second kappa shape index (κ2) is 27.0. The van der Waals surface area contributed by atoms with E-state index in [1.165, 1.54) is 38.2 Å². The monoisotopic (exact) mass is 1040 g/mol. The zero-order valence-corrected chi connectivity index (χ0v) is 42.6. The second-order valence-corrected chi connectivity index (χ2v) is 20.2. The number of rotatable bonds is 18. The molecule has 0 radical (unpaired) electrons. The van der Waals surface area contributed by atoms with Crippen LogP contribution < -0.4 is 38.1 Å². The van der Waals surface area contributed by atoms with Gasteiger partial charge in [0.2, 0.25) is 35.4 Å². The average molecular weight is 1040 g/mol. The van der Waals surface area contributed by atoms with Crippen molar-refractivity contribution < 1.29 is 75.6 Å². The van der Waals surface area contributed by atoms with Crippen molar-refractivity contribution in [2.75, 3.05) is 20.2 Å². The summed E-state index contributed by atoms with van der Waals surface area (Å²) in [5.74, 6) is -9.72. The number of nitrogens with zero attached hydrogens (tertiary/aromatic N) is 3. The zero-order valence-electron chi connectivity index (χ0n) is 41.8. The van der Waals surface area contributed by atoms with Crippen molar-refractivity contribution >= 4 is 63.7 Å². The zero-order chi connectivity index (χ0) is 54.4. The van der Waals surface area contributed by atoms with E-state index in [2.05, 4.69) is 35.8 Å². The Labute approximate surface area is 418 Å². The van der Waals surface area contributed by atoms with Gasteiger partial charge in [0.1, 0.15) is 67.0 Å². The van der Waals surface area contributed by atoms with E-state index in [1.54, 1.807) is 41.5 Å². The molecular formula is C45H72N10O16S. The minimum atomic E-state index is -5.08. The number of phenolic OH excluding ortho intramolecular Hbond substituents is 1. The summed E-state index contributed by atoms with van der Waals surface area (Å²) in [7, 11) is -3.75. The average Bonchev–Trinajstić information content (AvgIpc) is 3.28. The molecule has 2 saturated heterocycles. The minimum Gasteiger partial charge on any atom is -0.508 e. The molecule has 1 aromatic carbocycles. The van der Waals surface area contributed by atoms with Crippen LogP contribution in [0.2, 0.25) is 0 Å². The highest BCUT2D eigenvalue weighted by atomic mass is 32.3. The lowest BCUT2D eigenvalue weighted by Crippen LogP contribution is -2.65. The van der Waals surface area contributed by atoms with Crippen molar-refractivity contribution in [2.24, 2.45) is 34.2 Å². The molecule has 7 amide bonds. The number of hydrogen-bond donors (Lipinski definition) is 11. The van der Waals surface area contributed by atoms with Gasteiger partial charge >= 0.3 is 16.4 Å². The fraction of sp³-hybridized carbons (Fsp3) is 0.667. The first-order chi connectivity index (χ1) is 33.5. The fourth-order valence-electron chi connectivity index (χ4n) is 8.05. The number of nitrogens with one attached hydrogen (secondary N) is 5. The molecule has 72 heavy (non-hydrogen) atoms. The number of aromatic hydroxyl groups is 1. The molecule has 0 aliphatic carbocycles. The standard InChI is InChI=1S/C45H72N10O16S/c1-22(2)18-30(51-40(62)33(57)21-70-72(67,68)69)38(60)53-36-25(7)71-44(66)35(24(5)6)52-39(61)31(20-26-11-13-27(56)14-12-26)54(8)43(65)32(19-23(3)4)55-34(58)16-15-29(42(55)64)50-37(59)28(49-41(36)63)10-9-17-48-45(46)47/h11-14,22-25,28-36,56-58H,9-10,15-21H2,1-8H3,(H,49,63)(H,50,59)(H,51,62)(H,52,61)(H,53,60)(H4,46,47,48)(H,67,68,69)/t25-,28+,29+,30-,31+,32+,33-,34-,35+,36?/m1/s1. The summed E-state index contributed by atoms with van der Waals surface area (Å²) in [6, 6.07) is -4.81. The molecule has 2 heterocycles. The molecule has 27 heteroatoms. The lowest BCUT2D eigenvalue weighted by molar-refractivity contribution is -0.166. The third kappa shape index (κ3) is 18.2. The second-order valence-electron chi connectivity index (χ2n) is 19.1. The number of esters is 1. The number of cyclic esters (lactones) is 1. The summed E-state index contributed by atoms with van der Waals surface area (Å²) >= 11 is 0. The summed E-state index contributed by atoms with van der Waals surface area (Å²) in [5, 5.41) is 44.2. The maximum atomic E-state index is 14.8. The molecule has 2 fully saturated rings. The molecule has 2 bridgehead atoms. The molecule has 10 atom stereocenters.